The lowest BCUT2D eigenvalue weighted by Crippen LogP contribution is -2.33. The van der Waals surface area contributed by atoms with Gasteiger partial charge in [-0.3, -0.25) is 0 Å². The first kappa shape index (κ1) is 13.5. The minimum absolute atomic E-state index is 0.00333. The van der Waals surface area contributed by atoms with Crippen molar-refractivity contribution in [1.82, 2.24) is 4.98 Å². The number of nitrogens with zero attached hydrogens (tertiary/aromatic N) is 1. The van der Waals surface area contributed by atoms with Crippen LogP contribution in [0.2, 0.25) is 0 Å². The predicted octanol–water partition coefficient (Wildman–Crippen LogP) is 4.06. The molecule has 1 aliphatic rings. The molecule has 1 N–H and O–H groups in total. The molecule has 1 aliphatic carbocycles. The van der Waals surface area contributed by atoms with E-state index in [4.69, 9.17) is 11.6 Å². The number of alkyl halides is 4. The van der Waals surface area contributed by atoms with Crippen molar-refractivity contribution in [1.29, 1.82) is 0 Å². The second-order valence-corrected chi connectivity index (χ2v) is 5.02. The third-order valence-electron chi connectivity index (χ3n) is 3.05. The van der Waals surface area contributed by atoms with Gasteiger partial charge >= 0.3 is 6.18 Å². The van der Waals surface area contributed by atoms with E-state index in [0.29, 0.717) is 0 Å². The van der Waals surface area contributed by atoms with E-state index in [-0.39, 0.29) is 17.2 Å². The Bertz CT molecular complexity index is 409. The summed E-state index contributed by atoms with van der Waals surface area (Å²) in [4.78, 5) is 3.58. The largest absolute Gasteiger partial charge is 0.433 e. The molecule has 100 valence electrons. The minimum atomic E-state index is -4.41. The zero-order valence-electron chi connectivity index (χ0n) is 9.67. The van der Waals surface area contributed by atoms with E-state index < -0.39 is 11.9 Å². The summed E-state index contributed by atoms with van der Waals surface area (Å²) in [6, 6.07) is 3.85. The van der Waals surface area contributed by atoms with Gasteiger partial charge < -0.3 is 5.32 Å². The van der Waals surface area contributed by atoms with Gasteiger partial charge in [-0.05, 0) is 25.0 Å². The molecule has 18 heavy (non-hydrogen) atoms. The lowest BCUT2D eigenvalue weighted by Gasteiger charge is -2.28. The molecule has 1 saturated carbocycles. The van der Waals surface area contributed by atoms with Crippen LogP contribution in [0.3, 0.4) is 0 Å². The van der Waals surface area contributed by atoms with E-state index in [1.165, 1.54) is 12.1 Å². The molecule has 1 aromatic rings. The average molecular weight is 279 g/mol. The number of hydrogen-bond donors (Lipinski definition) is 1. The van der Waals surface area contributed by atoms with Crippen molar-refractivity contribution >= 4 is 17.4 Å². The molecule has 1 aromatic heterocycles. The third-order valence-corrected chi connectivity index (χ3v) is 3.58. The summed E-state index contributed by atoms with van der Waals surface area (Å²) in [6.45, 7) is 0. The fraction of sp³-hybridized carbons (Fsp3) is 0.583. The van der Waals surface area contributed by atoms with E-state index in [1.54, 1.807) is 0 Å². The highest BCUT2D eigenvalue weighted by Gasteiger charge is 2.32. The normalized spacial score (nSPS) is 24.9. The Morgan fingerprint density at radius 1 is 1.22 bits per heavy atom. The SMILES string of the molecule is FC(F)(F)c1cccc(NC2CCCCC2Cl)n1. The molecule has 0 radical (unpaired) electrons. The number of pyridine rings is 1. The molecular weight excluding hydrogens is 265 g/mol. The van der Waals surface area contributed by atoms with Gasteiger partial charge in [-0.15, -0.1) is 11.6 Å². The van der Waals surface area contributed by atoms with E-state index >= 15 is 0 Å². The van der Waals surface area contributed by atoms with Gasteiger partial charge in [0.25, 0.3) is 0 Å². The molecule has 2 unspecified atom stereocenters. The summed E-state index contributed by atoms with van der Waals surface area (Å²) in [5.74, 6) is 0.238. The van der Waals surface area contributed by atoms with Crippen LogP contribution in [0.1, 0.15) is 31.4 Å². The van der Waals surface area contributed by atoms with Crippen LogP contribution in [0.25, 0.3) is 0 Å². The molecular formula is C12H14ClF3N2. The van der Waals surface area contributed by atoms with Crippen LogP contribution in [0.4, 0.5) is 19.0 Å². The Labute approximate surface area is 109 Å². The fourth-order valence-electron chi connectivity index (χ4n) is 2.11. The summed E-state index contributed by atoms with van der Waals surface area (Å²) in [7, 11) is 0. The van der Waals surface area contributed by atoms with Crippen molar-refractivity contribution < 1.29 is 13.2 Å². The van der Waals surface area contributed by atoms with Gasteiger partial charge in [-0.2, -0.15) is 13.2 Å². The summed E-state index contributed by atoms with van der Waals surface area (Å²) < 4.78 is 37.5. The molecule has 2 nitrogen and oxygen atoms in total. The van der Waals surface area contributed by atoms with Gasteiger partial charge in [0, 0.05) is 6.04 Å². The lowest BCUT2D eigenvalue weighted by atomic mass is 9.95. The second kappa shape index (κ2) is 5.34. The molecule has 6 heteroatoms. The van der Waals surface area contributed by atoms with Crippen LogP contribution < -0.4 is 5.32 Å². The van der Waals surface area contributed by atoms with Crippen molar-refractivity contribution in [2.24, 2.45) is 0 Å². The van der Waals surface area contributed by atoms with Gasteiger partial charge in [-0.1, -0.05) is 18.9 Å². The van der Waals surface area contributed by atoms with Crippen molar-refractivity contribution in [2.75, 3.05) is 5.32 Å². The summed E-state index contributed by atoms with van der Waals surface area (Å²) in [6.07, 6.45) is -0.545. The molecule has 1 heterocycles. The summed E-state index contributed by atoms with van der Waals surface area (Å²) >= 11 is 6.15. The molecule has 1 fully saturated rings. The minimum Gasteiger partial charge on any atom is -0.366 e. The highest BCUT2D eigenvalue weighted by atomic mass is 35.5. The topological polar surface area (TPSA) is 24.9 Å². The molecule has 0 bridgehead atoms. The highest BCUT2D eigenvalue weighted by molar-refractivity contribution is 6.21. The van der Waals surface area contributed by atoms with Gasteiger partial charge in [0.2, 0.25) is 0 Å². The van der Waals surface area contributed by atoms with E-state index in [9.17, 15) is 13.2 Å². The summed E-state index contributed by atoms with van der Waals surface area (Å²) in [5, 5.41) is 2.95. The molecule has 0 saturated heterocycles. The van der Waals surface area contributed by atoms with Crippen LogP contribution in [0.5, 0.6) is 0 Å². The Hall–Kier alpha value is -0.970. The number of aromatic nitrogens is 1. The van der Waals surface area contributed by atoms with Crippen molar-refractivity contribution in [3.05, 3.63) is 23.9 Å². The Morgan fingerprint density at radius 3 is 2.61 bits per heavy atom. The first-order valence-corrected chi connectivity index (χ1v) is 6.35. The Kier molecular flexibility index (Phi) is 4.00. The maximum Gasteiger partial charge on any atom is 0.433 e. The maximum atomic E-state index is 12.5. The molecule has 0 spiro atoms. The van der Waals surface area contributed by atoms with Gasteiger partial charge in [0.15, 0.2) is 0 Å². The van der Waals surface area contributed by atoms with Crippen LogP contribution >= 0.6 is 11.6 Å². The first-order chi connectivity index (χ1) is 8.47. The summed E-state index contributed by atoms with van der Waals surface area (Å²) in [5.41, 5.74) is -0.880. The molecule has 2 rings (SSSR count). The van der Waals surface area contributed by atoms with E-state index in [2.05, 4.69) is 10.3 Å². The zero-order chi connectivity index (χ0) is 13.2. The van der Waals surface area contributed by atoms with E-state index in [1.807, 2.05) is 0 Å². The van der Waals surface area contributed by atoms with Crippen LogP contribution in [-0.2, 0) is 6.18 Å². The molecule has 0 aliphatic heterocycles. The van der Waals surface area contributed by atoms with Crippen LogP contribution in [0.15, 0.2) is 18.2 Å². The molecule has 0 amide bonds. The van der Waals surface area contributed by atoms with Crippen molar-refractivity contribution in [2.45, 2.75) is 43.3 Å². The maximum absolute atomic E-state index is 12.5. The number of hydrogen-bond acceptors (Lipinski definition) is 2. The van der Waals surface area contributed by atoms with E-state index in [0.717, 1.165) is 31.7 Å². The zero-order valence-corrected chi connectivity index (χ0v) is 10.4. The standard InChI is InChI=1S/C12H14ClF3N2/c13-8-4-1-2-5-9(8)17-11-7-3-6-10(18-11)12(14,15)16/h3,6-9H,1-2,4-5H2,(H,17,18). The lowest BCUT2D eigenvalue weighted by molar-refractivity contribution is -0.141. The van der Waals surface area contributed by atoms with Gasteiger partial charge in [0.05, 0.1) is 5.38 Å². The second-order valence-electron chi connectivity index (χ2n) is 4.46. The Balaban J connectivity index is 2.09. The third kappa shape index (κ3) is 3.28. The first-order valence-electron chi connectivity index (χ1n) is 5.91. The monoisotopic (exact) mass is 278 g/mol. The number of anilines is 1. The highest BCUT2D eigenvalue weighted by Crippen LogP contribution is 2.29. The predicted molar refractivity (Wildman–Crippen MR) is 64.8 cm³/mol. The van der Waals surface area contributed by atoms with Crippen molar-refractivity contribution in [3.63, 3.8) is 0 Å². The smallest absolute Gasteiger partial charge is 0.366 e. The van der Waals surface area contributed by atoms with Crippen LogP contribution in [0, 0.1) is 0 Å². The fourth-order valence-corrected chi connectivity index (χ4v) is 2.45. The van der Waals surface area contributed by atoms with Gasteiger partial charge in [0.1, 0.15) is 11.5 Å². The molecule has 0 aromatic carbocycles. The number of nitrogens with one attached hydrogen (secondary N) is 1. The van der Waals surface area contributed by atoms with Crippen LogP contribution in [-0.4, -0.2) is 16.4 Å². The van der Waals surface area contributed by atoms with Gasteiger partial charge in [-0.25, -0.2) is 4.98 Å². The number of halogens is 4. The average Bonchev–Trinajstić information content (AvgIpc) is 2.31. The quantitative estimate of drug-likeness (QED) is 0.825. The van der Waals surface area contributed by atoms with Crippen molar-refractivity contribution in [3.8, 4) is 0 Å². The Morgan fingerprint density at radius 2 is 1.94 bits per heavy atom. The molecule has 2 atom stereocenters. The number of rotatable bonds is 2.